The Labute approximate surface area is 174 Å². The largest absolute Gasteiger partial charge is 0.355 e. The topological polar surface area (TPSA) is 64.6 Å². The Morgan fingerprint density at radius 1 is 1.15 bits per heavy atom. The molecule has 1 N–H and O–H groups in total. The normalized spacial score (nSPS) is 18.4. The number of rotatable bonds is 5. The minimum absolute atomic E-state index is 0. The van der Waals surface area contributed by atoms with E-state index in [0.717, 1.165) is 70.2 Å². The van der Waals surface area contributed by atoms with Crippen molar-refractivity contribution in [3.8, 4) is 0 Å². The molecule has 0 aromatic carbocycles. The summed E-state index contributed by atoms with van der Waals surface area (Å²) in [5.41, 5.74) is 0.945. The molecule has 1 aromatic heterocycles. The van der Waals surface area contributed by atoms with Crippen LogP contribution < -0.4 is 10.2 Å². The molecule has 2 aliphatic rings. The predicted octanol–water partition coefficient (Wildman–Crippen LogP) is 1.35. The van der Waals surface area contributed by atoms with Crippen molar-refractivity contribution in [2.24, 2.45) is 0 Å². The van der Waals surface area contributed by atoms with Gasteiger partial charge in [0.05, 0.1) is 5.69 Å². The van der Waals surface area contributed by atoms with Crippen LogP contribution in [0.5, 0.6) is 0 Å². The van der Waals surface area contributed by atoms with Gasteiger partial charge in [0.1, 0.15) is 0 Å². The lowest BCUT2D eigenvalue weighted by Gasteiger charge is -2.37. The monoisotopic (exact) mass is 418 g/mol. The molecule has 2 fully saturated rings. The lowest BCUT2D eigenvalue weighted by atomic mass is 10.0. The van der Waals surface area contributed by atoms with Gasteiger partial charge in [0.25, 0.3) is 0 Å². The highest BCUT2D eigenvalue weighted by atomic mass is 35.5. The number of hydrogen-bond acceptors (Lipinski definition) is 6. The fraction of sp³-hybridized carbons (Fsp3) is 0.722. The summed E-state index contributed by atoms with van der Waals surface area (Å²) in [7, 11) is 2.10. The fourth-order valence-electron chi connectivity index (χ4n) is 3.62. The van der Waals surface area contributed by atoms with Crippen LogP contribution in [0.3, 0.4) is 0 Å². The Morgan fingerprint density at radius 2 is 1.81 bits per heavy atom. The smallest absolute Gasteiger partial charge is 0.223 e. The maximum atomic E-state index is 12.3. The minimum atomic E-state index is 0. The number of nitrogens with one attached hydrogen (secondary N) is 1. The van der Waals surface area contributed by atoms with Crippen molar-refractivity contribution in [1.29, 1.82) is 0 Å². The number of carbonyl (C=O) groups is 1. The molecule has 1 amide bonds. The van der Waals surface area contributed by atoms with Crippen molar-refractivity contribution < 1.29 is 4.79 Å². The van der Waals surface area contributed by atoms with Crippen molar-refractivity contribution >= 4 is 36.5 Å². The Bertz CT molecular complexity index is 559. The first-order valence-corrected chi connectivity index (χ1v) is 9.37. The average Bonchev–Trinajstić information content (AvgIpc) is 2.67. The highest BCUT2D eigenvalue weighted by molar-refractivity contribution is 5.85. The zero-order chi connectivity index (χ0) is 17.6. The minimum Gasteiger partial charge on any atom is -0.355 e. The molecule has 0 aliphatic carbocycles. The number of hydrogen-bond donors (Lipinski definition) is 1. The molecule has 2 saturated heterocycles. The van der Waals surface area contributed by atoms with Crippen molar-refractivity contribution in [3.63, 3.8) is 0 Å². The van der Waals surface area contributed by atoms with E-state index >= 15 is 0 Å². The fourth-order valence-corrected chi connectivity index (χ4v) is 3.62. The molecule has 7 nitrogen and oxygen atoms in total. The van der Waals surface area contributed by atoms with E-state index in [2.05, 4.69) is 32.4 Å². The second-order valence-corrected chi connectivity index (χ2v) is 7.10. The van der Waals surface area contributed by atoms with Crippen molar-refractivity contribution in [2.45, 2.75) is 32.2 Å². The van der Waals surface area contributed by atoms with Gasteiger partial charge in [-0.15, -0.1) is 29.9 Å². The van der Waals surface area contributed by atoms with Crippen LogP contribution in [0.2, 0.25) is 0 Å². The van der Waals surface area contributed by atoms with Gasteiger partial charge in [-0.2, -0.15) is 5.10 Å². The van der Waals surface area contributed by atoms with Crippen LogP contribution in [0.25, 0.3) is 0 Å². The third-order valence-electron chi connectivity index (χ3n) is 5.36. The van der Waals surface area contributed by atoms with Gasteiger partial charge >= 0.3 is 0 Å². The van der Waals surface area contributed by atoms with E-state index in [0.29, 0.717) is 18.4 Å². The number of carbonyl (C=O) groups excluding carboxylic acids is 1. The molecule has 27 heavy (non-hydrogen) atoms. The summed E-state index contributed by atoms with van der Waals surface area (Å²) >= 11 is 0. The maximum absolute atomic E-state index is 12.3. The Kier molecular flexibility index (Phi) is 10.3. The number of nitrogens with zero attached hydrogens (tertiary/aromatic N) is 5. The van der Waals surface area contributed by atoms with Crippen LogP contribution in [0.1, 0.15) is 25.0 Å². The second kappa shape index (κ2) is 11.6. The van der Waals surface area contributed by atoms with Crippen LogP contribution >= 0.6 is 24.8 Å². The number of piperidine rings is 1. The van der Waals surface area contributed by atoms with Gasteiger partial charge < -0.3 is 20.0 Å². The zero-order valence-electron chi connectivity index (χ0n) is 16.3. The standard InChI is InChI=1S/C18H30N6O.2ClH/c1-15-3-4-17(21-20-15)22(2)16-5-10-23(11-6-16)12-7-18(25)24-13-8-19-9-14-24;;/h3-4,16,19H,5-14H2,1-2H3;2*1H. The molecule has 0 radical (unpaired) electrons. The predicted molar refractivity (Wildman–Crippen MR) is 113 cm³/mol. The van der Waals surface area contributed by atoms with E-state index < -0.39 is 0 Å². The van der Waals surface area contributed by atoms with E-state index in [-0.39, 0.29) is 24.8 Å². The molecule has 3 heterocycles. The zero-order valence-corrected chi connectivity index (χ0v) is 17.9. The van der Waals surface area contributed by atoms with E-state index in [1.54, 1.807) is 0 Å². The van der Waals surface area contributed by atoms with Gasteiger partial charge in [-0.3, -0.25) is 4.79 Å². The summed E-state index contributed by atoms with van der Waals surface area (Å²) in [5, 5.41) is 11.7. The molecule has 0 atom stereocenters. The lowest BCUT2D eigenvalue weighted by molar-refractivity contribution is -0.132. The first kappa shape index (κ1) is 23.9. The van der Waals surface area contributed by atoms with Crippen LogP contribution in [0, 0.1) is 6.92 Å². The van der Waals surface area contributed by atoms with Crippen molar-refractivity contribution in [1.82, 2.24) is 25.3 Å². The van der Waals surface area contributed by atoms with E-state index in [9.17, 15) is 4.79 Å². The third kappa shape index (κ3) is 6.75. The molecule has 0 saturated carbocycles. The van der Waals surface area contributed by atoms with E-state index in [1.165, 1.54) is 0 Å². The first-order chi connectivity index (χ1) is 12.1. The highest BCUT2D eigenvalue weighted by Gasteiger charge is 2.24. The number of amides is 1. The van der Waals surface area contributed by atoms with Crippen LogP contribution in [-0.2, 0) is 4.79 Å². The van der Waals surface area contributed by atoms with Gasteiger partial charge in [0.15, 0.2) is 5.82 Å². The molecule has 0 bridgehead atoms. The summed E-state index contributed by atoms with van der Waals surface area (Å²) < 4.78 is 0. The van der Waals surface area contributed by atoms with Gasteiger partial charge in [0.2, 0.25) is 5.91 Å². The summed E-state index contributed by atoms with van der Waals surface area (Å²) in [4.78, 5) is 18.9. The molecule has 0 spiro atoms. The van der Waals surface area contributed by atoms with Gasteiger partial charge in [0, 0.05) is 65.3 Å². The number of piperazine rings is 1. The molecule has 2 aliphatic heterocycles. The molecular formula is C18H32Cl2N6O. The number of aromatic nitrogens is 2. The average molecular weight is 419 g/mol. The van der Waals surface area contributed by atoms with Crippen molar-refractivity contribution in [3.05, 3.63) is 17.8 Å². The van der Waals surface area contributed by atoms with Crippen LogP contribution in [0.4, 0.5) is 5.82 Å². The maximum Gasteiger partial charge on any atom is 0.223 e. The van der Waals surface area contributed by atoms with Crippen LogP contribution in [0.15, 0.2) is 12.1 Å². The Balaban J connectivity index is 0.00000182. The summed E-state index contributed by atoms with van der Waals surface area (Å²) in [6.07, 6.45) is 2.85. The Morgan fingerprint density at radius 3 is 2.41 bits per heavy atom. The number of anilines is 1. The van der Waals surface area contributed by atoms with Gasteiger partial charge in [-0.1, -0.05) is 0 Å². The number of likely N-dealkylation sites (tertiary alicyclic amines) is 1. The number of aryl methyl sites for hydroxylation is 1. The third-order valence-corrected chi connectivity index (χ3v) is 5.36. The SMILES string of the molecule is Cc1ccc(N(C)C2CCN(CCC(=O)N3CCNCC3)CC2)nn1.Cl.Cl. The molecule has 0 unspecified atom stereocenters. The molecule has 9 heteroatoms. The van der Waals surface area contributed by atoms with Gasteiger partial charge in [-0.05, 0) is 31.9 Å². The molecule has 1 aromatic rings. The number of halogens is 2. The molecular weight excluding hydrogens is 387 g/mol. The Hall–Kier alpha value is -1.15. The summed E-state index contributed by atoms with van der Waals surface area (Å²) in [5.74, 6) is 1.24. The lowest BCUT2D eigenvalue weighted by Crippen LogP contribution is -2.48. The first-order valence-electron chi connectivity index (χ1n) is 9.37. The molecule has 3 rings (SSSR count). The summed E-state index contributed by atoms with van der Waals surface area (Å²) in [6.45, 7) is 8.47. The highest BCUT2D eigenvalue weighted by Crippen LogP contribution is 2.20. The molecule has 154 valence electrons. The van der Waals surface area contributed by atoms with E-state index in [4.69, 9.17) is 0 Å². The quantitative estimate of drug-likeness (QED) is 0.778. The van der Waals surface area contributed by atoms with Crippen LogP contribution in [-0.4, -0.2) is 84.8 Å². The second-order valence-electron chi connectivity index (χ2n) is 7.10. The van der Waals surface area contributed by atoms with Gasteiger partial charge in [-0.25, -0.2) is 0 Å². The van der Waals surface area contributed by atoms with Crippen molar-refractivity contribution in [2.75, 3.05) is 57.8 Å². The van der Waals surface area contributed by atoms with E-state index in [1.807, 2.05) is 24.0 Å². The summed E-state index contributed by atoms with van der Waals surface area (Å²) in [6, 6.07) is 4.55.